The number of nitrogens with one attached hydrogen (secondary N) is 1. The molecule has 0 aliphatic heterocycles. The van der Waals surface area contributed by atoms with E-state index >= 15 is 0 Å². The van der Waals surface area contributed by atoms with Crippen LogP contribution in [0.1, 0.15) is 44.6 Å². The smallest absolute Gasteiger partial charge is 0.196 e. The SMILES string of the molecule is CC(=O)c1c(C)[nH]c(C(=O)CSc2nnc(-c3ccncc3)n2-c2ccccc2C)c1C. The molecule has 0 aliphatic rings. The van der Waals surface area contributed by atoms with E-state index in [0.717, 1.165) is 16.8 Å². The number of pyridine rings is 1. The molecule has 8 heteroatoms. The molecule has 0 aliphatic carbocycles. The number of hydrogen-bond acceptors (Lipinski definition) is 6. The van der Waals surface area contributed by atoms with Crippen molar-refractivity contribution < 1.29 is 9.59 Å². The fraction of sp³-hybridized carbons (Fsp3) is 0.208. The predicted molar refractivity (Wildman–Crippen MR) is 125 cm³/mol. The van der Waals surface area contributed by atoms with E-state index in [1.54, 1.807) is 19.3 Å². The largest absolute Gasteiger partial charge is 0.355 e. The summed E-state index contributed by atoms with van der Waals surface area (Å²) < 4.78 is 1.97. The zero-order valence-corrected chi connectivity index (χ0v) is 19.2. The molecule has 3 heterocycles. The van der Waals surface area contributed by atoms with Gasteiger partial charge in [0.15, 0.2) is 22.5 Å². The molecule has 0 saturated carbocycles. The summed E-state index contributed by atoms with van der Waals surface area (Å²) in [5.41, 5.74) is 5.36. The molecule has 162 valence electrons. The number of ketones is 2. The number of para-hydroxylation sites is 1. The van der Waals surface area contributed by atoms with Crippen LogP contribution < -0.4 is 0 Å². The summed E-state index contributed by atoms with van der Waals surface area (Å²) in [6, 6.07) is 11.7. The number of thioether (sulfide) groups is 1. The van der Waals surface area contributed by atoms with Gasteiger partial charge in [-0.2, -0.15) is 0 Å². The second kappa shape index (κ2) is 8.92. The summed E-state index contributed by atoms with van der Waals surface area (Å²) in [5, 5.41) is 9.42. The monoisotopic (exact) mass is 445 g/mol. The van der Waals surface area contributed by atoms with Crippen LogP contribution in [-0.2, 0) is 0 Å². The average Bonchev–Trinajstić information content (AvgIpc) is 3.33. The molecule has 4 aromatic rings. The maximum Gasteiger partial charge on any atom is 0.196 e. The highest BCUT2D eigenvalue weighted by Crippen LogP contribution is 2.30. The normalized spacial score (nSPS) is 11.0. The van der Waals surface area contributed by atoms with E-state index in [2.05, 4.69) is 20.2 Å². The average molecular weight is 446 g/mol. The van der Waals surface area contributed by atoms with Crippen molar-refractivity contribution in [2.24, 2.45) is 0 Å². The molecule has 1 N–H and O–H groups in total. The lowest BCUT2D eigenvalue weighted by Gasteiger charge is -2.12. The highest BCUT2D eigenvalue weighted by atomic mass is 32.2. The van der Waals surface area contributed by atoms with Gasteiger partial charge in [-0.25, -0.2) is 0 Å². The zero-order valence-electron chi connectivity index (χ0n) is 18.3. The lowest BCUT2D eigenvalue weighted by Crippen LogP contribution is -2.07. The fourth-order valence-corrected chi connectivity index (χ4v) is 4.66. The topological polar surface area (TPSA) is 93.5 Å². The van der Waals surface area contributed by atoms with Gasteiger partial charge < -0.3 is 4.98 Å². The quantitative estimate of drug-likeness (QED) is 0.326. The Bertz CT molecular complexity index is 1310. The van der Waals surface area contributed by atoms with Gasteiger partial charge in [-0.3, -0.25) is 19.1 Å². The maximum absolute atomic E-state index is 13.0. The third-order valence-corrected chi connectivity index (χ3v) is 6.26. The van der Waals surface area contributed by atoms with Crippen molar-refractivity contribution in [2.75, 3.05) is 5.75 Å². The van der Waals surface area contributed by atoms with Gasteiger partial charge in [0.05, 0.1) is 17.1 Å². The molecule has 0 spiro atoms. The van der Waals surface area contributed by atoms with Crippen LogP contribution in [0.15, 0.2) is 53.9 Å². The minimum Gasteiger partial charge on any atom is -0.355 e. The Balaban J connectivity index is 1.69. The summed E-state index contributed by atoms with van der Waals surface area (Å²) in [6.07, 6.45) is 3.43. The van der Waals surface area contributed by atoms with Crippen molar-refractivity contribution in [3.8, 4) is 17.1 Å². The second-order valence-corrected chi connectivity index (χ2v) is 8.50. The van der Waals surface area contributed by atoms with Gasteiger partial charge in [0.25, 0.3) is 0 Å². The predicted octanol–water partition coefficient (Wildman–Crippen LogP) is 4.76. The minimum atomic E-state index is -0.0899. The van der Waals surface area contributed by atoms with Crippen molar-refractivity contribution in [2.45, 2.75) is 32.9 Å². The van der Waals surface area contributed by atoms with Crippen LogP contribution in [0.5, 0.6) is 0 Å². The Kier molecular flexibility index (Phi) is 6.05. The number of aromatic nitrogens is 5. The standard InChI is InChI=1S/C24H23N5O2S/c1-14-7-5-6-8-19(14)29-23(18-9-11-25-12-10-18)27-28-24(29)32-13-20(31)22-15(2)21(17(4)30)16(3)26-22/h5-12,26H,13H2,1-4H3. The highest BCUT2D eigenvalue weighted by Gasteiger charge is 2.22. The Hall–Kier alpha value is -3.52. The van der Waals surface area contributed by atoms with Gasteiger partial charge in [-0.1, -0.05) is 30.0 Å². The molecular weight excluding hydrogens is 422 g/mol. The van der Waals surface area contributed by atoms with Crippen LogP contribution in [0.2, 0.25) is 0 Å². The van der Waals surface area contributed by atoms with E-state index in [1.807, 2.05) is 54.8 Å². The lowest BCUT2D eigenvalue weighted by atomic mass is 10.1. The highest BCUT2D eigenvalue weighted by molar-refractivity contribution is 7.99. The summed E-state index contributed by atoms with van der Waals surface area (Å²) in [6.45, 7) is 7.15. The lowest BCUT2D eigenvalue weighted by molar-refractivity contribution is 0.101. The molecule has 0 radical (unpaired) electrons. The Morgan fingerprint density at radius 3 is 2.41 bits per heavy atom. The van der Waals surface area contributed by atoms with Crippen LogP contribution in [0.25, 0.3) is 17.1 Å². The molecule has 32 heavy (non-hydrogen) atoms. The Labute approximate surface area is 190 Å². The van der Waals surface area contributed by atoms with Gasteiger partial charge in [0.2, 0.25) is 0 Å². The molecule has 0 atom stereocenters. The van der Waals surface area contributed by atoms with Crippen molar-refractivity contribution in [3.05, 3.63) is 76.9 Å². The second-order valence-electron chi connectivity index (χ2n) is 7.56. The maximum atomic E-state index is 13.0. The number of H-pyrrole nitrogens is 1. The van der Waals surface area contributed by atoms with Crippen LogP contribution in [0.3, 0.4) is 0 Å². The summed E-state index contributed by atoms with van der Waals surface area (Å²) in [4.78, 5) is 32.1. The number of nitrogens with zero attached hydrogens (tertiary/aromatic N) is 4. The van der Waals surface area contributed by atoms with Crippen molar-refractivity contribution in [1.29, 1.82) is 0 Å². The van der Waals surface area contributed by atoms with Crippen molar-refractivity contribution >= 4 is 23.3 Å². The first-order valence-corrected chi connectivity index (χ1v) is 11.1. The number of carbonyl (C=O) groups excluding carboxylic acids is 2. The molecule has 0 fully saturated rings. The van der Waals surface area contributed by atoms with Crippen LogP contribution >= 0.6 is 11.8 Å². The van der Waals surface area contributed by atoms with E-state index in [9.17, 15) is 9.59 Å². The molecule has 3 aromatic heterocycles. The molecule has 7 nitrogen and oxygen atoms in total. The number of Topliss-reactive ketones (excluding diaryl/α,β-unsaturated/α-hetero) is 2. The number of aromatic amines is 1. The van der Waals surface area contributed by atoms with Gasteiger partial charge in [-0.05, 0) is 57.0 Å². The first kappa shape index (κ1) is 21.7. The van der Waals surface area contributed by atoms with E-state index in [-0.39, 0.29) is 17.3 Å². The van der Waals surface area contributed by atoms with Crippen LogP contribution in [0, 0.1) is 20.8 Å². The molecular formula is C24H23N5O2S. The molecule has 0 saturated heterocycles. The molecule has 0 amide bonds. The number of carbonyl (C=O) groups is 2. The number of aryl methyl sites for hydroxylation is 2. The molecule has 4 rings (SSSR count). The van der Waals surface area contributed by atoms with Gasteiger partial charge in [0, 0.05) is 29.2 Å². The van der Waals surface area contributed by atoms with Crippen molar-refractivity contribution in [3.63, 3.8) is 0 Å². The van der Waals surface area contributed by atoms with E-state index in [1.165, 1.54) is 18.7 Å². The fourth-order valence-electron chi connectivity index (χ4n) is 3.84. The van der Waals surface area contributed by atoms with E-state index in [4.69, 9.17) is 0 Å². The van der Waals surface area contributed by atoms with E-state index < -0.39 is 0 Å². The molecule has 1 aromatic carbocycles. The number of rotatable bonds is 7. The van der Waals surface area contributed by atoms with Crippen LogP contribution in [-0.4, -0.2) is 42.1 Å². The van der Waals surface area contributed by atoms with Gasteiger partial charge in [-0.15, -0.1) is 10.2 Å². The summed E-state index contributed by atoms with van der Waals surface area (Å²) >= 11 is 1.32. The molecule has 0 bridgehead atoms. The summed E-state index contributed by atoms with van der Waals surface area (Å²) in [7, 11) is 0. The Morgan fingerprint density at radius 2 is 1.75 bits per heavy atom. The number of benzene rings is 1. The van der Waals surface area contributed by atoms with Gasteiger partial charge >= 0.3 is 0 Å². The first-order valence-electron chi connectivity index (χ1n) is 10.2. The van der Waals surface area contributed by atoms with Crippen LogP contribution in [0.4, 0.5) is 0 Å². The van der Waals surface area contributed by atoms with Crippen molar-refractivity contribution in [1.82, 2.24) is 24.7 Å². The zero-order chi connectivity index (χ0) is 22.8. The Morgan fingerprint density at radius 1 is 1.03 bits per heavy atom. The molecule has 0 unspecified atom stereocenters. The van der Waals surface area contributed by atoms with E-state index in [0.29, 0.717) is 33.5 Å². The number of hydrogen-bond donors (Lipinski definition) is 1. The minimum absolute atomic E-state index is 0.0516. The third kappa shape index (κ3) is 4.01. The third-order valence-electron chi connectivity index (χ3n) is 5.33. The summed E-state index contributed by atoms with van der Waals surface area (Å²) in [5.74, 6) is 0.706. The first-order chi connectivity index (χ1) is 15.4. The van der Waals surface area contributed by atoms with Gasteiger partial charge in [0.1, 0.15) is 0 Å².